The molecule has 0 unspecified atom stereocenters. The first kappa shape index (κ1) is 22.5. The lowest BCUT2D eigenvalue weighted by molar-refractivity contribution is -0.140. The summed E-state index contributed by atoms with van der Waals surface area (Å²) in [5.41, 5.74) is 1.32. The number of ketones is 1. The Labute approximate surface area is 116 Å². The predicted molar refractivity (Wildman–Crippen MR) is 78.0 cm³/mol. The smallest absolute Gasteiger partial charge is 0.302 e. The Morgan fingerprint density at radius 1 is 1.05 bits per heavy atom. The second-order valence-corrected chi connectivity index (χ2v) is 3.49. The summed E-state index contributed by atoms with van der Waals surface area (Å²) < 4.78 is 4.40. The number of esters is 1. The van der Waals surface area contributed by atoms with E-state index in [2.05, 4.69) is 23.8 Å². The number of Topliss-reactive ketones (excluding diaryl/α,β-unsaturated/α-hetero) is 1. The lowest BCUT2D eigenvalue weighted by atomic mass is 10.2. The fourth-order valence-electron chi connectivity index (χ4n) is 0.738. The molecule has 1 N–H and O–H groups in total. The van der Waals surface area contributed by atoms with Crippen LogP contribution in [0.2, 0.25) is 0 Å². The van der Waals surface area contributed by atoms with Crippen LogP contribution in [0.1, 0.15) is 33.3 Å². The van der Waals surface area contributed by atoms with Crippen molar-refractivity contribution in [1.29, 1.82) is 0 Å². The highest BCUT2D eigenvalue weighted by atomic mass is 16.5. The molecule has 1 aromatic carbocycles. The number of ether oxygens (including phenoxy) is 1. The Hall–Kier alpha value is -1.68. The number of carbonyl (C=O) groups excluding carboxylic acids is 2. The second-order valence-electron chi connectivity index (χ2n) is 3.49. The van der Waals surface area contributed by atoms with Crippen molar-refractivity contribution < 1.29 is 19.4 Å². The van der Waals surface area contributed by atoms with Gasteiger partial charge in [0.15, 0.2) is 0 Å². The molecule has 0 aliphatic heterocycles. The van der Waals surface area contributed by atoms with Crippen LogP contribution in [0.5, 0.6) is 0 Å². The summed E-state index contributed by atoms with van der Waals surface area (Å²) >= 11 is 0. The Bertz CT molecular complexity index is 303. The molecule has 1 rings (SSSR count). The zero-order chi connectivity index (χ0) is 15.7. The fourth-order valence-corrected chi connectivity index (χ4v) is 0.738. The molecule has 0 saturated heterocycles. The van der Waals surface area contributed by atoms with E-state index < -0.39 is 0 Å². The lowest BCUT2D eigenvalue weighted by Gasteiger charge is -1.89. The van der Waals surface area contributed by atoms with Gasteiger partial charge < -0.3 is 14.6 Å². The number of carbonyl (C=O) groups is 2. The van der Waals surface area contributed by atoms with Gasteiger partial charge in [-0.3, -0.25) is 4.79 Å². The summed E-state index contributed by atoms with van der Waals surface area (Å²) in [6.45, 7) is 8.79. The maximum atomic E-state index is 9.82. The molecule has 110 valence electrons. The van der Waals surface area contributed by atoms with E-state index in [1.54, 1.807) is 6.92 Å². The minimum absolute atomic E-state index is 0.167. The highest BCUT2D eigenvalue weighted by Gasteiger charge is 1.81. The first-order valence-electron chi connectivity index (χ1n) is 5.97. The average Bonchev–Trinajstić information content (AvgIpc) is 2.32. The maximum Gasteiger partial charge on any atom is 0.302 e. The van der Waals surface area contributed by atoms with Gasteiger partial charge in [-0.25, -0.2) is 0 Å². The Balaban J connectivity index is -0.000000196. The maximum absolute atomic E-state index is 9.82. The third-order valence-electron chi connectivity index (χ3n) is 1.29. The second kappa shape index (κ2) is 18.7. The van der Waals surface area contributed by atoms with E-state index >= 15 is 0 Å². The van der Waals surface area contributed by atoms with Crippen molar-refractivity contribution >= 4 is 11.8 Å². The molecule has 0 aliphatic rings. The zero-order valence-electron chi connectivity index (χ0n) is 12.8. The first-order chi connectivity index (χ1) is 8.90. The van der Waals surface area contributed by atoms with Gasteiger partial charge in [0.05, 0.1) is 6.61 Å². The average molecular weight is 270 g/mol. The van der Waals surface area contributed by atoms with E-state index in [9.17, 15) is 9.59 Å². The van der Waals surface area contributed by atoms with E-state index in [-0.39, 0.29) is 11.8 Å². The quantitative estimate of drug-likeness (QED) is 0.797. The molecular weight excluding hydrogens is 244 g/mol. The van der Waals surface area contributed by atoms with Gasteiger partial charge in [-0.1, -0.05) is 35.9 Å². The molecule has 0 spiro atoms. The van der Waals surface area contributed by atoms with Crippen LogP contribution in [-0.4, -0.2) is 30.6 Å². The summed E-state index contributed by atoms with van der Waals surface area (Å²) in [5.74, 6) is -0.0440. The number of hydrogen-bond donors (Lipinski definition) is 1. The largest absolute Gasteiger partial charge is 0.466 e. The van der Waals surface area contributed by atoms with E-state index in [0.717, 1.165) is 7.11 Å². The first-order valence-corrected chi connectivity index (χ1v) is 5.97. The molecule has 0 atom stereocenters. The van der Waals surface area contributed by atoms with Gasteiger partial charge in [-0.15, -0.1) is 0 Å². The molecule has 0 aliphatic carbocycles. The minimum atomic E-state index is -0.211. The molecule has 0 bridgehead atoms. The van der Waals surface area contributed by atoms with Gasteiger partial charge in [-0.05, 0) is 27.7 Å². The highest BCUT2D eigenvalue weighted by molar-refractivity contribution is 5.72. The number of aliphatic hydroxyl groups is 1. The molecule has 0 fully saturated rings. The Morgan fingerprint density at radius 2 is 1.42 bits per heavy atom. The van der Waals surface area contributed by atoms with Crippen LogP contribution in [0.25, 0.3) is 0 Å². The van der Waals surface area contributed by atoms with Gasteiger partial charge in [0.2, 0.25) is 0 Å². The SMILES string of the molecule is CC(C)=O.CCOC(C)=O.CO.Cc1ccccc1. The summed E-state index contributed by atoms with van der Waals surface area (Å²) in [6.07, 6.45) is 0. The Morgan fingerprint density at radius 3 is 1.53 bits per heavy atom. The topological polar surface area (TPSA) is 63.6 Å². The number of hydrogen-bond acceptors (Lipinski definition) is 4. The van der Waals surface area contributed by atoms with Gasteiger partial charge in [-0.2, -0.15) is 0 Å². The summed E-state index contributed by atoms with van der Waals surface area (Å²) in [4.78, 5) is 19.3. The normalized spacial score (nSPS) is 7.32. The number of rotatable bonds is 1. The predicted octanol–water partition coefficient (Wildman–Crippen LogP) is 2.77. The van der Waals surface area contributed by atoms with Crippen molar-refractivity contribution in [2.45, 2.75) is 34.6 Å². The third kappa shape index (κ3) is 38.5. The van der Waals surface area contributed by atoms with Crippen molar-refractivity contribution in [2.75, 3.05) is 13.7 Å². The molecule has 0 saturated carbocycles. The van der Waals surface area contributed by atoms with Crippen LogP contribution in [0.4, 0.5) is 0 Å². The fraction of sp³-hybridized carbons (Fsp3) is 0.467. The van der Waals surface area contributed by atoms with Crippen LogP contribution in [0, 0.1) is 6.92 Å². The van der Waals surface area contributed by atoms with Crippen LogP contribution in [-0.2, 0) is 14.3 Å². The van der Waals surface area contributed by atoms with E-state index in [0.29, 0.717) is 6.61 Å². The van der Waals surface area contributed by atoms with Gasteiger partial charge in [0.1, 0.15) is 5.78 Å². The standard InChI is InChI=1S/C7H8.C4H8O2.C3H6O.CH4O/c1-7-5-3-2-4-6-7;1-3-6-4(2)5;1-3(2)4;1-2/h2-6H,1H3;3H2,1-2H3;1-2H3;2H,1H3. The molecule has 0 aromatic heterocycles. The highest BCUT2D eigenvalue weighted by Crippen LogP contribution is 1.92. The van der Waals surface area contributed by atoms with Crippen molar-refractivity contribution in [3.63, 3.8) is 0 Å². The van der Waals surface area contributed by atoms with Crippen molar-refractivity contribution in [1.82, 2.24) is 0 Å². The van der Waals surface area contributed by atoms with Crippen LogP contribution >= 0.6 is 0 Å². The van der Waals surface area contributed by atoms with Crippen LogP contribution < -0.4 is 0 Å². The van der Waals surface area contributed by atoms with Crippen molar-refractivity contribution in [3.8, 4) is 0 Å². The number of aryl methyl sites for hydroxylation is 1. The zero-order valence-corrected chi connectivity index (χ0v) is 12.8. The van der Waals surface area contributed by atoms with Crippen LogP contribution in [0.3, 0.4) is 0 Å². The van der Waals surface area contributed by atoms with Gasteiger partial charge >= 0.3 is 5.97 Å². The molecule has 4 heteroatoms. The summed E-state index contributed by atoms with van der Waals surface area (Å²) in [7, 11) is 1.00. The number of aliphatic hydroxyl groups excluding tert-OH is 1. The minimum Gasteiger partial charge on any atom is -0.466 e. The molecule has 4 nitrogen and oxygen atoms in total. The molecule has 0 amide bonds. The molecule has 19 heavy (non-hydrogen) atoms. The monoisotopic (exact) mass is 270 g/mol. The Kier molecular flexibility index (Phi) is 22.1. The summed E-state index contributed by atoms with van der Waals surface area (Å²) in [6, 6.07) is 10.3. The van der Waals surface area contributed by atoms with E-state index in [4.69, 9.17) is 5.11 Å². The lowest BCUT2D eigenvalue weighted by Crippen LogP contribution is -1.95. The van der Waals surface area contributed by atoms with E-state index in [1.165, 1.54) is 26.3 Å². The molecular formula is C15H26O4. The summed E-state index contributed by atoms with van der Waals surface area (Å²) in [5, 5.41) is 7.00. The molecule has 0 heterocycles. The molecule has 0 radical (unpaired) electrons. The third-order valence-corrected chi connectivity index (χ3v) is 1.29. The van der Waals surface area contributed by atoms with Crippen molar-refractivity contribution in [2.24, 2.45) is 0 Å². The van der Waals surface area contributed by atoms with Gasteiger partial charge in [0.25, 0.3) is 0 Å². The number of benzene rings is 1. The molecule has 1 aromatic rings. The van der Waals surface area contributed by atoms with Gasteiger partial charge in [0, 0.05) is 14.0 Å². The van der Waals surface area contributed by atoms with E-state index in [1.807, 2.05) is 18.2 Å². The van der Waals surface area contributed by atoms with Crippen LogP contribution in [0.15, 0.2) is 30.3 Å². The van der Waals surface area contributed by atoms with Crippen molar-refractivity contribution in [3.05, 3.63) is 35.9 Å².